The van der Waals surface area contributed by atoms with Crippen molar-refractivity contribution in [2.75, 3.05) is 0 Å². The van der Waals surface area contributed by atoms with Gasteiger partial charge in [0.1, 0.15) is 4.83 Å². The van der Waals surface area contributed by atoms with Gasteiger partial charge in [-0.25, -0.2) is 4.98 Å². The summed E-state index contributed by atoms with van der Waals surface area (Å²) in [6.07, 6.45) is 3.73. The minimum Gasteiger partial charge on any atom is -0.255 e. The second-order valence-electron chi connectivity index (χ2n) is 5.42. The number of hydrogen-bond donors (Lipinski definition) is 0. The number of benzene rings is 1. The van der Waals surface area contributed by atoms with Gasteiger partial charge < -0.3 is 0 Å². The van der Waals surface area contributed by atoms with Gasteiger partial charge in [0.05, 0.1) is 21.6 Å². The van der Waals surface area contributed by atoms with E-state index in [9.17, 15) is 0 Å². The zero-order chi connectivity index (χ0) is 15.2. The van der Waals surface area contributed by atoms with E-state index in [0.29, 0.717) is 0 Å². The van der Waals surface area contributed by atoms with Crippen LogP contribution in [0.4, 0.5) is 0 Å². The first-order chi connectivity index (χ1) is 11.4. The fourth-order valence-electron chi connectivity index (χ4n) is 2.84. The van der Waals surface area contributed by atoms with Crippen LogP contribution < -0.4 is 0 Å². The third-order valence-electron chi connectivity index (χ3n) is 3.99. The van der Waals surface area contributed by atoms with Gasteiger partial charge in [0, 0.05) is 23.2 Å². The summed E-state index contributed by atoms with van der Waals surface area (Å²) in [6.45, 7) is 0. The van der Waals surface area contributed by atoms with E-state index < -0.39 is 0 Å². The maximum absolute atomic E-state index is 4.81. The van der Waals surface area contributed by atoms with Crippen molar-refractivity contribution in [3.63, 3.8) is 0 Å². The summed E-state index contributed by atoms with van der Waals surface area (Å²) >= 11 is 1.67. The molecule has 0 unspecified atom stereocenters. The molecule has 0 aliphatic rings. The van der Waals surface area contributed by atoms with Crippen molar-refractivity contribution >= 4 is 42.5 Å². The molecule has 1 aromatic carbocycles. The summed E-state index contributed by atoms with van der Waals surface area (Å²) < 4.78 is 1.17. The van der Waals surface area contributed by atoms with Gasteiger partial charge in [-0.3, -0.25) is 9.97 Å². The third-order valence-corrected chi connectivity index (χ3v) is 5.04. The van der Waals surface area contributed by atoms with Crippen molar-refractivity contribution < 1.29 is 0 Å². The van der Waals surface area contributed by atoms with Crippen LogP contribution in [0.25, 0.3) is 42.6 Å². The van der Waals surface area contributed by atoms with Crippen molar-refractivity contribution in [1.82, 2.24) is 15.0 Å². The number of aromatic nitrogens is 3. The Morgan fingerprint density at radius 3 is 2.65 bits per heavy atom. The smallest absolute Gasteiger partial charge is 0.126 e. The molecule has 4 heterocycles. The maximum Gasteiger partial charge on any atom is 0.126 e. The van der Waals surface area contributed by atoms with Crippen LogP contribution in [0.15, 0.2) is 67.0 Å². The molecular formula is C19H11N3S. The lowest BCUT2D eigenvalue weighted by Crippen LogP contribution is -1.87. The second kappa shape index (κ2) is 4.83. The Morgan fingerprint density at radius 2 is 1.70 bits per heavy atom. The predicted molar refractivity (Wildman–Crippen MR) is 95.7 cm³/mol. The largest absolute Gasteiger partial charge is 0.255 e. The summed E-state index contributed by atoms with van der Waals surface area (Å²) in [5, 5.41) is 3.43. The molecule has 0 N–H and O–H groups in total. The number of pyridine rings is 3. The molecule has 23 heavy (non-hydrogen) atoms. The lowest BCUT2D eigenvalue weighted by Gasteiger charge is -2.02. The number of nitrogens with zero attached hydrogens (tertiary/aromatic N) is 3. The molecule has 0 bridgehead atoms. The van der Waals surface area contributed by atoms with E-state index in [1.54, 1.807) is 11.3 Å². The molecule has 0 fully saturated rings. The number of fused-ring (bicyclic) bond motifs is 4. The van der Waals surface area contributed by atoms with Gasteiger partial charge in [0.15, 0.2) is 0 Å². The van der Waals surface area contributed by atoms with Crippen LogP contribution in [0.3, 0.4) is 0 Å². The average Bonchev–Trinajstić information content (AvgIpc) is 2.99. The first-order valence-electron chi connectivity index (χ1n) is 7.38. The van der Waals surface area contributed by atoms with E-state index in [4.69, 9.17) is 4.98 Å². The first kappa shape index (κ1) is 12.7. The maximum atomic E-state index is 4.81. The quantitative estimate of drug-likeness (QED) is 0.434. The van der Waals surface area contributed by atoms with Gasteiger partial charge in [0.25, 0.3) is 0 Å². The van der Waals surface area contributed by atoms with Crippen LogP contribution >= 0.6 is 11.3 Å². The standard InChI is InChI=1S/C19H11N3S/c1-2-5-13-11-21-16(10-12(13)4-1)15-8-7-14-18-17(6-3-9-20-18)23-19(14)22-15/h1-11H. The van der Waals surface area contributed by atoms with E-state index >= 15 is 0 Å². The second-order valence-corrected chi connectivity index (χ2v) is 6.45. The molecule has 0 saturated carbocycles. The first-order valence-corrected chi connectivity index (χ1v) is 8.19. The van der Waals surface area contributed by atoms with Crippen LogP contribution in [0, 0.1) is 0 Å². The molecule has 5 rings (SSSR count). The zero-order valence-corrected chi connectivity index (χ0v) is 12.9. The molecule has 4 heteroatoms. The van der Waals surface area contributed by atoms with Crippen molar-refractivity contribution in [1.29, 1.82) is 0 Å². The van der Waals surface area contributed by atoms with E-state index in [1.165, 1.54) is 10.1 Å². The van der Waals surface area contributed by atoms with Crippen molar-refractivity contribution in [2.45, 2.75) is 0 Å². The lowest BCUT2D eigenvalue weighted by atomic mass is 10.1. The molecule has 0 aliphatic carbocycles. The van der Waals surface area contributed by atoms with Crippen molar-refractivity contribution in [3.05, 3.63) is 67.0 Å². The highest BCUT2D eigenvalue weighted by atomic mass is 32.1. The minimum absolute atomic E-state index is 0.898. The van der Waals surface area contributed by atoms with E-state index in [2.05, 4.69) is 40.3 Å². The highest BCUT2D eigenvalue weighted by molar-refractivity contribution is 7.25. The van der Waals surface area contributed by atoms with Crippen LogP contribution in [0.1, 0.15) is 0 Å². The van der Waals surface area contributed by atoms with E-state index in [1.807, 2.05) is 36.7 Å². The Labute approximate surface area is 136 Å². The summed E-state index contributed by atoms with van der Waals surface area (Å²) in [7, 11) is 0. The summed E-state index contributed by atoms with van der Waals surface area (Å²) in [5.74, 6) is 0. The van der Waals surface area contributed by atoms with Crippen molar-refractivity contribution in [2.24, 2.45) is 0 Å². The van der Waals surface area contributed by atoms with Gasteiger partial charge in [-0.15, -0.1) is 11.3 Å². The zero-order valence-electron chi connectivity index (χ0n) is 12.1. The molecule has 0 atom stereocenters. The fraction of sp³-hybridized carbons (Fsp3) is 0. The Kier molecular flexibility index (Phi) is 2.66. The van der Waals surface area contributed by atoms with Crippen LogP contribution in [-0.4, -0.2) is 15.0 Å². The number of hydrogen-bond acceptors (Lipinski definition) is 4. The molecule has 108 valence electrons. The van der Waals surface area contributed by atoms with Crippen molar-refractivity contribution in [3.8, 4) is 11.4 Å². The number of thiophene rings is 1. The molecule has 0 saturated heterocycles. The molecule has 0 amide bonds. The molecular weight excluding hydrogens is 302 g/mol. The number of rotatable bonds is 1. The lowest BCUT2D eigenvalue weighted by molar-refractivity contribution is 1.30. The fourth-order valence-corrected chi connectivity index (χ4v) is 3.88. The molecule has 5 aromatic rings. The Hall–Kier alpha value is -2.85. The molecule has 3 nitrogen and oxygen atoms in total. The van der Waals surface area contributed by atoms with Gasteiger partial charge in [-0.1, -0.05) is 24.3 Å². The third kappa shape index (κ3) is 1.99. The molecule has 0 aliphatic heterocycles. The van der Waals surface area contributed by atoms with Gasteiger partial charge in [-0.05, 0) is 35.7 Å². The van der Waals surface area contributed by atoms with E-state index in [-0.39, 0.29) is 0 Å². The summed E-state index contributed by atoms with van der Waals surface area (Å²) in [4.78, 5) is 14.8. The van der Waals surface area contributed by atoms with Gasteiger partial charge in [0.2, 0.25) is 0 Å². The minimum atomic E-state index is 0.898. The Balaban J connectivity index is 1.73. The average molecular weight is 313 g/mol. The summed E-state index contributed by atoms with van der Waals surface area (Å²) in [5.41, 5.74) is 2.82. The molecule has 0 radical (unpaired) electrons. The Morgan fingerprint density at radius 1 is 0.783 bits per heavy atom. The predicted octanol–water partition coefficient (Wildman–Crippen LogP) is 5.06. The summed E-state index contributed by atoms with van der Waals surface area (Å²) in [6, 6.07) is 18.5. The SMILES string of the molecule is c1ccc2cc(-c3ccc4c(n3)sc3cccnc34)ncc2c1. The Bertz CT molecular complexity index is 1180. The molecule has 0 spiro atoms. The monoisotopic (exact) mass is 313 g/mol. The van der Waals surface area contributed by atoms with E-state index in [0.717, 1.165) is 32.5 Å². The topological polar surface area (TPSA) is 38.7 Å². The van der Waals surface area contributed by atoms with Crippen LogP contribution in [0.5, 0.6) is 0 Å². The van der Waals surface area contributed by atoms with Crippen LogP contribution in [-0.2, 0) is 0 Å². The van der Waals surface area contributed by atoms with Gasteiger partial charge in [-0.2, -0.15) is 0 Å². The molecule has 4 aromatic heterocycles. The van der Waals surface area contributed by atoms with Crippen LogP contribution in [0.2, 0.25) is 0 Å². The normalized spacial score (nSPS) is 11.5. The van der Waals surface area contributed by atoms with Gasteiger partial charge >= 0.3 is 0 Å². The highest BCUT2D eigenvalue weighted by Crippen LogP contribution is 2.32. The highest BCUT2D eigenvalue weighted by Gasteiger charge is 2.09.